The number of fused-ring (bicyclic) bond motifs is 3. The van der Waals surface area contributed by atoms with Gasteiger partial charge in [0, 0.05) is 6.07 Å². The zero-order chi connectivity index (χ0) is 17.8. The van der Waals surface area contributed by atoms with Gasteiger partial charge in [-0.2, -0.15) is 10.2 Å². The van der Waals surface area contributed by atoms with Crippen molar-refractivity contribution in [1.82, 2.24) is 29.9 Å². The van der Waals surface area contributed by atoms with Gasteiger partial charge in [-0.1, -0.05) is 6.42 Å². The van der Waals surface area contributed by atoms with E-state index in [2.05, 4.69) is 46.5 Å². The van der Waals surface area contributed by atoms with Gasteiger partial charge < -0.3 is 11.1 Å². The predicted molar refractivity (Wildman–Crippen MR) is 98.5 cm³/mol. The third-order valence-corrected chi connectivity index (χ3v) is 5.94. The molecule has 3 heterocycles. The van der Waals surface area contributed by atoms with Crippen LogP contribution in [0.1, 0.15) is 42.2 Å². The van der Waals surface area contributed by atoms with Crippen LogP contribution in [0.15, 0.2) is 17.0 Å². The Morgan fingerprint density at radius 3 is 2.92 bits per heavy atom. The fourth-order valence-electron chi connectivity index (χ4n) is 4.43. The van der Waals surface area contributed by atoms with E-state index in [0.29, 0.717) is 27.4 Å². The number of aromatic nitrogens is 6. The Bertz CT molecular complexity index is 1010. The number of hydrogen-bond donors (Lipinski definition) is 3. The highest BCUT2D eigenvalue weighted by Gasteiger charge is 2.42. The fourth-order valence-corrected chi connectivity index (χ4v) is 4.74. The van der Waals surface area contributed by atoms with Gasteiger partial charge in [0.15, 0.2) is 17.2 Å². The van der Waals surface area contributed by atoms with Crippen LogP contribution < -0.4 is 11.1 Å². The van der Waals surface area contributed by atoms with Gasteiger partial charge in [0.25, 0.3) is 5.91 Å². The maximum Gasteiger partial charge on any atom is 0.278 e. The van der Waals surface area contributed by atoms with E-state index >= 15 is 0 Å². The van der Waals surface area contributed by atoms with Gasteiger partial charge in [-0.25, -0.2) is 14.6 Å². The Balaban J connectivity index is 1.58. The first-order chi connectivity index (χ1) is 12.6. The Hall–Kier alpha value is -2.49. The molecular formula is C16H17BrN8O. The Morgan fingerprint density at radius 1 is 1.35 bits per heavy atom. The van der Waals surface area contributed by atoms with Crippen molar-refractivity contribution in [3.8, 4) is 0 Å². The number of rotatable bonds is 3. The molecule has 2 saturated carbocycles. The van der Waals surface area contributed by atoms with Crippen molar-refractivity contribution in [2.75, 3.05) is 11.1 Å². The minimum Gasteiger partial charge on any atom is -0.383 e. The van der Waals surface area contributed by atoms with Gasteiger partial charge in [0.05, 0.1) is 11.4 Å². The summed E-state index contributed by atoms with van der Waals surface area (Å²) in [5.74, 6) is 1.63. The van der Waals surface area contributed by atoms with Crippen LogP contribution >= 0.6 is 15.9 Å². The molecule has 0 saturated heterocycles. The lowest BCUT2D eigenvalue weighted by molar-refractivity contribution is 0.102. The Labute approximate surface area is 156 Å². The highest BCUT2D eigenvalue weighted by Crippen LogP contribution is 2.51. The van der Waals surface area contributed by atoms with Crippen molar-refractivity contribution in [3.63, 3.8) is 0 Å². The molecule has 0 spiro atoms. The predicted octanol–water partition coefficient (Wildman–Crippen LogP) is 2.51. The molecule has 5 rings (SSSR count). The third-order valence-electron chi connectivity index (χ3n) is 5.54. The third kappa shape index (κ3) is 2.39. The molecular weight excluding hydrogens is 400 g/mol. The summed E-state index contributed by atoms with van der Waals surface area (Å²) in [6.45, 7) is 0. The highest BCUT2D eigenvalue weighted by molar-refractivity contribution is 9.10. The molecule has 0 radical (unpaired) electrons. The van der Waals surface area contributed by atoms with Gasteiger partial charge in [0.2, 0.25) is 0 Å². The molecule has 134 valence electrons. The van der Waals surface area contributed by atoms with Crippen LogP contribution in [0.4, 0.5) is 11.6 Å². The maximum atomic E-state index is 12.8. The van der Waals surface area contributed by atoms with Crippen molar-refractivity contribution < 1.29 is 4.79 Å². The number of halogens is 1. The lowest BCUT2D eigenvalue weighted by Gasteiger charge is -2.22. The summed E-state index contributed by atoms with van der Waals surface area (Å²) in [4.78, 5) is 21.2. The average molecular weight is 417 g/mol. The molecule has 9 nitrogen and oxygen atoms in total. The zero-order valence-electron chi connectivity index (χ0n) is 13.8. The molecule has 1 amide bonds. The number of anilines is 2. The van der Waals surface area contributed by atoms with Gasteiger partial charge in [-0.05, 0) is 47.0 Å². The molecule has 26 heavy (non-hydrogen) atoms. The average Bonchev–Trinajstić information content (AvgIpc) is 3.37. The molecule has 3 unspecified atom stereocenters. The van der Waals surface area contributed by atoms with Crippen molar-refractivity contribution in [2.45, 2.75) is 31.7 Å². The first-order valence-electron chi connectivity index (χ1n) is 8.61. The number of amides is 1. The van der Waals surface area contributed by atoms with Gasteiger partial charge >= 0.3 is 0 Å². The summed E-state index contributed by atoms with van der Waals surface area (Å²) < 4.78 is 2.57. The summed E-state index contributed by atoms with van der Waals surface area (Å²) in [5, 5.41) is 14.6. The first kappa shape index (κ1) is 15.7. The van der Waals surface area contributed by atoms with Crippen LogP contribution in [0.2, 0.25) is 0 Å². The molecule has 2 bridgehead atoms. The second-order valence-electron chi connectivity index (χ2n) is 7.05. The second kappa shape index (κ2) is 5.76. The topological polar surface area (TPSA) is 127 Å². The van der Waals surface area contributed by atoms with E-state index in [4.69, 9.17) is 5.73 Å². The largest absolute Gasteiger partial charge is 0.383 e. The van der Waals surface area contributed by atoms with Crippen LogP contribution in [0, 0.1) is 11.8 Å². The van der Waals surface area contributed by atoms with Crippen LogP contribution in [0.3, 0.4) is 0 Å². The minimum absolute atomic E-state index is 0.236. The quantitative estimate of drug-likeness (QED) is 0.601. The van der Waals surface area contributed by atoms with Crippen LogP contribution in [-0.2, 0) is 0 Å². The van der Waals surface area contributed by atoms with Gasteiger partial charge in [-0.3, -0.25) is 9.89 Å². The normalized spacial score (nSPS) is 24.4. The number of aromatic amines is 1. The van der Waals surface area contributed by atoms with Crippen molar-refractivity contribution >= 4 is 44.5 Å². The summed E-state index contributed by atoms with van der Waals surface area (Å²) in [7, 11) is 0. The lowest BCUT2D eigenvalue weighted by atomic mass is 9.95. The summed E-state index contributed by atoms with van der Waals surface area (Å²) in [5.41, 5.74) is 6.93. The fraction of sp³-hybridized carbons (Fsp3) is 0.438. The van der Waals surface area contributed by atoms with E-state index < -0.39 is 0 Å². The molecule has 2 aliphatic rings. The van der Waals surface area contributed by atoms with Crippen LogP contribution in [-0.4, -0.2) is 35.9 Å². The van der Waals surface area contributed by atoms with E-state index in [1.54, 1.807) is 6.07 Å². The maximum absolute atomic E-state index is 12.8. The number of hydrogen-bond acceptors (Lipinski definition) is 6. The molecule has 3 aromatic rings. The van der Waals surface area contributed by atoms with E-state index in [1.807, 2.05) is 4.68 Å². The van der Waals surface area contributed by atoms with Crippen molar-refractivity contribution in [2.24, 2.45) is 11.8 Å². The lowest BCUT2D eigenvalue weighted by Crippen LogP contribution is -2.19. The highest BCUT2D eigenvalue weighted by atomic mass is 79.9. The van der Waals surface area contributed by atoms with Crippen LogP contribution in [0.5, 0.6) is 0 Å². The standard InChI is InChI=1S/C16H17BrN8O/c17-10-5-11(23-22-10)21-16(26)13-12-14(18)19-6-20-15(12)25(24-13)9-4-7-1-2-8(9)3-7/h5-9H,1-4H2,(H2,18,19,20)(H2,21,22,23,26). The first-order valence-corrected chi connectivity index (χ1v) is 9.40. The Kier molecular flexibility index (Phi) is 3.49. The molecule has 2 aliphatic carbocycles. The summed E-state index contributed by atoms with van der Waals surface area (Å²) >= 11 is 3.27. The number of carbonyl (C=O) groups is 1. The van der Waals surface area contributed by atoms with Crippen molar-refractivity contribution in [1.29, 1.82) is 0 Å². The molecule has 3 aromatic heterocycles. The van der Waals surface area contributed by atoms with E-state index in [-0.39, 0.29) is 23.5 Å². The molecule has 0 aromatic carbocycles. The number of nitrogens with zero attached hydrogens (tertiary/aromatic N) is 5. The monoisotopic (exact) mass is 416 g/mol. The number of carbonyl (C=O) groups excluding carboxylic acids is 1. The molecule has 2 fully saturated rings. The molecule has 4 N–H and O–H groups in total. The number of nitrogen functional groups attached to an aromatic ring is 1. The summed E-state index contributed by atoms with van der Waals surface area (Å²) in [6.07, 6.45) is 6.24. The number of nitrogens with one attached hydrogen (secondary N) is 2. The van der Waals surface area contributed by atoms with Crippen LogP contribution in [0.25, 0.3) is 11.0 Å². The molecule has 0 aliphatic heterocycles. The second-order valence-corrected chi connectivity index (χ2v) is 7.90. The Morgan fingerprint density at radius 2 is 2.23 bits per heavy atom. The smallest absolute Gasteiger partial charge is 0.278 e. The SMILES string of the molecule is Nc1ncnc2c1c(C(=O)Nc1cc(Br)[nH]n1)nn2C1CC2CCC1C2. The number of H-pyrrole nitrogens is 1. The zero-order valence-corrected chi connectivity index (χ0v) is 15.4. The molecule has 10 heteroatoms. The van der Waals surface area contributed by atoms with E-state index in [9.17, 15) is 4.79 Å². The molecule has 3 atom stereocenters. The van der Waals surface area contributed by atoms with Crippen molar-refractivity contribution in [3.05, 3.63) is 22.7 Å². The van der Waals surface area contributed by atoms with E-state index in [0.717, 1.165) is 12.3 Å². The van der Waals surface area contributed by atoms with E-state index in [1.165, 1.54) is 25.6 Å². The summed E-state index contributed by atoms with van der Waals surface area (Å²) in [6, 6.07) is 1.94. The van der Waals surface area contributed by atoms with Gasteiger partial charge in [-0.15, -0.1) is 0 Å². The van der Waals surface area contributed by atoms with Gasteiger partial charge in [0.1, 0.15) is 16.7 Å². The number of nitrogens with two attached hydrogens (primary N) is 1. The minimum atomic E-state index is -0.377.